The van der Waals surface area contributed by atoms with Crippen LogP contribution >= 0.6 is 23.2 Å². The van der Waals surface area contributed by atoms with Crippen molar-refractivity contribution in [2.24, 2.45) is 11.7 Å². The Hall–Kier alpha value is -0.770. The predicted molar refractivity (Wildman–Crippen MR) is 87.7 cm³/mol. The number of carbonyl (C=O) groups excluding carboxylic acids is 1. The maximum atomic E-state index is 12.3. The van der Waals surface area contributed by atoms with Gasteiger partial charge >= 0.3 is 0 Å². The van der Waals surface area contributed by atoms with Gasteiger partial charge in [-0.15, -0.1) is 0 Å². The van der Waals surface area contributed by atoms with Crippen molar-refractivity contribution in [3.8, 4) is 0 Å². The van der Waals surface area contributed by atoms with E-state index in [-0.39, 0.29) is 11.9 Å². The third-order valence-corrected chi connectivity index (χ3v) is 4.76. The molecule has 0 bridgehead atoms. The van der Waals surface area contributed by atoms with Crippen molar-refractivity contribution in [3.05, 3.63) is 33.8 Å². The lowest BCUT2D eigenvalue weighted by atomic mass is 9.92. The highest BCUT2D eigenvalue weighted by Gasteiger charge is 2.25. The highest BCUT2D eigenvalue weighted by atomic mass is 35.5. The molecular formula is C16H22Cl2N2O. The Morgan fingerprint density at radius 3 is 2.90 bits per heavy atom. The molecular weight excluding hydrogens is 307 g/mol. The summed E-state index contributed by atoms with van der Waals surface area (Å²) in [6, 6.07) is 5.56. The summed E-state index contributed by atoms with van der Waals surface area (Å²) in [6.07, 6.45) is 3.28. The van der Waals surface area contributed by atoms with Crippen LogP contribution in [0.4, 0.5) is 0 Å². The molecule has 2 N–H and O–H groups in total. The van der Waals surface area contributed by atoms with E-state index in [1.54, 1.807) is 12.1 Å². The average Bonchev–Trinajstić information content (AvgIpc) is 2.46. The van der Waals surface area contributed by atoms with Gasteiger partial charge in [-0.2, -0.15) is 0 Å². The monoisotopic (exact) mass is 328 g/mol. The molecule has 1 aromatic rings. The topological polar surface area (TPSA) is 46.3 Å². The van der Waals surface area contributed by atoms with Crippen LogP contribution in [0.25, 0.3) is 0 Å². The van der Waals surface area contributed by atoms with Crippen molar-refractivity contribution in [2.45, 2.75) is 38.6 Å². The first-order valence-corrected chi connectivity index (χ1v) is 8.20. The zero-order valence-corrected chi connectivity index (χ0v) is 13.8. The summed E-state index contributed by atoms with van der Waals surface area (Å²) >= 11 is 12.0. The second kappa shape index (κ2) is 7.48. The van der Waals surface area contributed by atoms with Gasteiger partial charge in [0.15, 0.2) is 0 Å². The van der Waals surface area contributed by atoms with E-state index in [2.05, 4.69) is 0 Å². The predicted octanol–water partition coefficient (Wildman–Crippen LogP) is 3.51. The molecule has 3 nitrogen and oxygen atoms in total. The molecule has 1 aliphatic rings. The molecule has 0 aromatic heterocycles. The van der Waals surface area contributed by atoms with Crippen LogP contribution in [-0.2, 0) is 11.2 Å². The lowest BCUT2D eigenvalue weighted by Gasteiger charge is -2.34. The number of hydrogen-bond acceptors (Lipinski definition) is 2. The maximum Gasteiger partial charge on any atom is 0.222 e. The highest BCUT2D eigenvalue weighted by molar-refractivity contribution is 6.35. The van der Waals surface area contributed by atoms with Crippen LogP contribution in [0.15, 0.2) is 18.2 Å². The van der Waals surface area contributed by atoms with E-state index in [1.165, 1.54) is 0 Å². The van der Waals surface area contributed by atoms with E-state index in [4.69, 9.17) is 28.9 Å². The Balaban J connectivity index is 1.89. The van der Waals surface area contributed by atoms with E-state index >= 15 is 0 Å². The molecule has 1 saturated heterocycles. The Morgan fingerprint density at radius 2 is 2.24 bits per heavy atom. The minimum Gasteiger partial charge on any atom is -0.342 e. The van der Waals surface area contributed by atoms with Gasteiger partial charge in [0.2, 0.25) is 5.91 Å². The normalized spacial score (nSPS) is 20.4. The number of hydrogen-bond donors (Lipinski definition) is 1. The Labute approximate surface area is 136 Å². The van der Waals surface area contributed by atoms with Crippen molar-refractivity contribution in [1.82, 2.24) is 4.90 Å². The molecule has 0 spiro atoms. The highest BCUT2D eigenvalue weighted by Crippen LogP contribution is 2.23. The lowest BCUT2D eigenvalue weighted by Crippen LogP contribution is -2.45. The molecule has 1 heterocycles. The zero-order valence-electron chi connectivity index (χ0n) is 12.3. The number of nitrogens with zero attached hydrogens (tertiary/aromatic N) is 1. The van der Waals surface area contributed by atoms with Crippen LogP contribution in [0.1, 0.15) is 31.7 Å². The third kappa shape index (κ3) is 4.60. The van der Waals surface area contributed by atoms with Gasteiger partial charge in [-0.3, -0.25) is 4.79 Å². The lowest BCUT2D eigenvalue weighted by molar-refractivity contribution is -0.133. The van der Waals surface area contributed by atoms with Gasteiger partial charge in [-0.05, 0) is 49.8 Å². The maximum absolute atomic E-state index is 12.3. The summed E-state index contributed by atoms with van der Waals surface area (Å²) in [5.74, 6) is 0.605. The van der Waals surface area contributed by atoms with E-state index < -0.39 is 0 Å². The first-order chi connectivity index (χ1) is 9.97. The molecule has 0 radical (unpaired) electrons. The molecule has 5 heteroatoms. The number of nitrogens with two attached hydrogens (primary N) is 1. The molecule has 2 rings (SSSR count). The summed E-state index contributed by atoms with van der Waals surface area (Å²) in [7, 11) is 0. The Morgan fingerprint density at radius 1 is 1.48 bits per heavy atom. The fraction of sp³-hybridized carbons (Fsp3) is 0.562. The second-order valence-electron chi connectivity index (χ2n) is 5.84. The van der Waals surface area contributed by atoms with Gasteiger partial charge in [0.05, 0.1) is 0 Å². The number of likely N-dealkylation sites (tertiary alicyclic amines) is 1. The molecule has 1 amide bonds. The SMILES string of the molecule is C[C@H](N)[C@H]1CCCN(C(=O)CCc2ccc(Cl)cc2Cl)C1. The van der Waals surface area contributed by atoms with Gasteiger partial charge in [-0.25, -0.2) is 0 Å². The van der Waals surface area contributed by atoms with Crippen molar-refractivity contribution in [2.75, 3.05) is 13.1 Å². The van der Waals surface area contributed by atoms with Crippen molar-refractivity contribution < 1.29 is 4.79 Å². The molecule has 1 aliphatic heterocycles. The van der Waals surface area contributed by atoms with Crippen molar-refractivity contribution >= 4 is 29.1 Å². The van der Waals surface area contributed by atoms with E-state index in [0.29, 0.717) is 28.8 Å². The Bertz CT molecular complexity index is 505. The quantitative estimate of drug-likeness (QED) is 0.919. The van der Waals surface area contributed by atoms with Crippen molar-refractivity contribution in [1.29, 1.82) is 0 Å². The number of rotatable bonds is 4. The fourth-order valence-electron chi connectivity index (χ4n) is 2.79. The van der Waals surface area contributed by atoms with Crippen LogP contribution in [0.5, 0.6) is 0 Å². The number of piperidine rings is 1. The first-order valence-electron chi connectivity index (χ1n) is 7.44. The second-order valence-corrected chi connectivity index (χ2v) is 6.68. The largest absolute Gasteiger partial charge is 0.342 e. The summed E-state index contributed by atoms with van der Waals surface area (Å²) in [5.41, 5.74) is 6.93. The molecule has 0 unspecified atom stereocenters. The summed E-state index contributed by atoms with van der Waals surface area (Å²) in [5, 5.41) is 1.24. The Kier molecular flexibility index (Phi) is 5.91. The molecule has 1 fully saturated rings. The van der Waals surface area contributed by atoms with Crippen LogP contribution in [0, 0.1) is 5.92 Å². The fourth-order valence-corrected chi connectivity index (χ4v) is 3.29. The molecule has 1 aromatic carbocycles. The number of benzene rings is 1. The third-order valence-electron chi connectivity index (χ3n) is 4.18. The molecule has 21 heavy (non-hydrogen) atoms. The number of amides is 1. The number of halogens is 2. The molecule has 0 aliphatic carbocycles. The van der Waals surface area contributed by atoms with Crippen LogP contribution in [-0.4, -0.2) is 29.9 Å². The van der Waals surface area contributed by atoms with Gasteiger partial charge in [-0.1, -0.05) is 29.3 Å². The minimum atomic E-state index is 0.145. The average molecular weight is 329 g/mol. The standard InChI is InChI=1S/C16H22Cl2N2O/c1-11(19)13-3-2-8-20(10-13)16(21)7-5-12-4-6-14(17)9-15(12)18/h4,6,9,11,13H,2-3,5,7-8,10,19H2,1H3/t11-,13-/m0/s1. The van der Waals surface area contributed by atoms with Gasteiger partial charge in [0.25, 0.3) is 0 Å². The van der Waals surface area contributed by atoms with E-state index in [9.17, 15) is 4.79 Å². The van der Waals surface area contributed by atoms with E-state index in [0.717, 1.165) is 31.5 Å². The smallest absolute Gasteiger partial charge is 0.222 e. The van der Waals surface area contributed by atoms with Crippen LogP contribution < -0.4 is 5.73 Å². The van der Waals surface area contributed by atoms with Gasteiger partial charge in [0, 0.05) is 35.6 Å². The summed E-state index contributed by atoms with van der Waals surface area (Å²) in [4.78, 5) is 14.3. The molecule has 2 atom stereocenters. The van der Waals surface area contributed by atoms with E-state index in [1.807, 2.05) is 17.9 Å². The van der Waals surface area contributed by atoms with Crippen molar-refractivity contribution in [3.63, 3.8) is 0 Å². The van der Waals surface area contributed by atoms with Gasteiger partial charge < -0.3 is 10.6 Å². The number of aryl methyl sites for hydroxylation is 1. The minimum absolute atomic E-state index is 0.145. The molecule has 116 valence electrons. The first kappa shape index (κ1) is 16.6. The summed E-state index contributed by atoms with van der Waals surface area (Å²) in [6.45, 7) is 3.65. The zero-order chi connectivity index (χ0) is 15.4. The summed E-state index contributed by atoms with van der Waals surface area (Å²) < 4.78 is 0. The molecule has 0 saturated carbocycles. The van der Waals surface area contributed by atoms with Gasteiger partial charge in [0.1, 0.15) is 0 Å². The number of carbonyl (C=O) groups is 1. The van der Waals surface area contributed by atoms with Crippen LogP contribution in [0.2, 0.25) is 10.0 Å². The van der Waals surface area contributed by atoms with Crippen LogP contribution in [0.3, 0.4) is 0 Å².